The highest BCUT2D eigenvalue weighted by Gasteiger charge is 2.19. The number of halogens is 2. The number of hydrogen-bond acceptors (Lipinski definition) is 3. The molecule has 7 heteroatoms. The lowest BCUT2D eigenvalue weighted by molar-refractivity contribution is 0.102. The Kier molecular flexibility index (Phi) is 6.26. The summed E-state index contributed by atoms with van der Waals surface area (Å²) in [5.74, 6) is -1.01. The van der Waals surface area contributed by atoms with Crippen molar-refractivity contribution in [2.45, 2.75) is 20.1 Å². The van der Waals surface area contributed by atoms with Crippen LogP contribution >= 0.6 is 0 Å². The zero-order valence-electron chi connectivity index (χ0n) is 17.4. The molecule has 0 radical (unpaired) electrons. The van der Waals surface area contributed by atoms with Gasteiger partial charge in [0.05, 0.1) is 6.54 Å². The summed E-state index contributed by atoms with van der Waals surface area (Å²) in [4.78, 5) is 13.0. The van der Waals surface area contributed by atoms with E-state index in [-0.39, 0.29) is 42.1 Å². The molecular formula is C25H21F2N3O2. The largest absolute Gasteiger partial charge is 0.471 e. The maximum Gasteiger partial charge on any atom is 0.262 e. The number of anilines is 1. The molecule has 1 aromatic heterocycles. The molecule has 0 aliphatic rings. The number of para-hydroxylation sites is 1. The fraction of sp³-hybridized carbons (Fsp3) is 0.120. The third-order valence-electron chi connectivity index (χ3n) is 4.86. The van der Waals surface area contributed by atoms with Gasteiger partial charge in [-0.15, -0.1) is 5.10 Å². The van der Waals surface area contributed by atoms with Crippen LogP contribution in [0.4, 0.5) is 14.5 Å². The van der Waals surface area contributed by atoms with Crippen molar-refractivity contribution < 1.29 is 18.3 Å². The van der Waals surface area contributed by atoms with Gasteiger partial charge in [0.1, 0.15) is 23.8 Å². The van der Waals surface area contributed by atoms with Crippen LogP contribution in [0.1, 0.15) is 27.0 Å². The molecule has 0 atom stereocenters. The highest BCUT2D eigenvalue weighted by molar-refractivity contribution is 6.06. The third kappa shape index (κ3) is 5.18. The van der Waals surface area contributed by atoms with Gasteiger partial charge < -0.3 is 10.1 Å². The van der Waals surface area contributed by atoms with Crippen LogP contribution in [0.2, 0.25) is 0 Å². The summed E-state index contributed by atoms with van der Waals surface area (Å²) >= 11 is 0. The first-order valence-electron chi connectivity index (χ1n) is 10.0. The third-order valence-corrected chi connectivity index (χ3v) is 4.86. The van der Waals surface area contributed by atoms with Gasteiger partial charge in [0.15, 0.2) is 0 Å². The minimum absolute atomic E-state index is 0.0411. The summed E-state index contributed by atoms with van der Waals surface area (Å²) in [6, 6.07) is 19.6. The van der Waals surface area contributed by atoms with E-state index in [4.69, 9.17) is 4.74 Å². The number of rotatable bonds is 7. The number of nitrogens with zero attached hydrogens (tertiary/aromatic N) is 2. The zero-order valence-corrected chi connectivity index (χ0v) is 17.4. The molecule has 1 heterocycles. The predicted molar refractivity (Wildman–Crippen MR) is 118 cm³/mol. The van der Waals surface area contributed by atoms with Crippen molar-refractivity contribution in [3.63, 3.8) is 0 Å². The molecule has 162 valence electrons. The maximum absolute atomic E-state index is 13.6. The summed E-state index contributed by atoms with van der Waals surface area (Å²) in [7, 11) is 0. The van der Waals surface area contributed by atoms with E-state index in [2.05, 4.69) is 10.4 Å². The second-order valence-corrected chi connectivity index (χ2v) is 7.36. The number of aryl methyl sites for hydroxylation is 1. The molecule has 5 nitrogen and oxygen atoms in total. The van der Waals surface area contributed by atoms with Crippen molar-refractivity contribution in [2.75, 3.05) is 5.32 Å². The van der Waals surface area contributed by atoms with Gasteiger partial charge in [-0.1, -0.05) is 42.5 Å². The molecule has 0 spiro atoms. The van der Waals surface area contributed by atoms with E-state index in [1.54, 1.807) is 36.5 Å². The molecule has 4 rings (SSSR count). The van der Waals surface area contributed by atoms with Gasteiger partial charge in [-0.3, -0.25) is 9.48 Å². The lowest BCUT2D eigenvalue weighted by Crippen LogP contribution is -2.13. The average Bonchev–Trinajstić information content (AvgIpc) is 3.17. The Balaban J connectivity index is 1.60. The van der Waals surface area contributed by atoms with Crippen molar-refractivity contribution in [1.82, 2.24) is 9.78 Å². The molecule has 1 amide bonds. The highest BCUT2D eigenvalue weighted by atomic mass is 19.1. The van der Waals surface area contributed by atoms with E-state index in [9.17, 15) is 13.6 Å². The summed E-state index contributed by atoms with van der Waals surface area (Å²) < 4.78 is 34.3. The Morgan fingerprint density at radius 2 is 1.66 bits per heavy atom. The van der Waals surface area contributed by atoms with E-state index < -0.39 is 0 Å². The smallest absolute Gasteiger partial charge is 0.262 e. The van der Waals surface area contributed by atoms with Gasteiger partial charge >= 0.3 is 0 Å². The number of aromatic nitrogens is 2. The van der Waals surface area contributed by atoms with Crippen molar-refractivity contribution >= 4 is 11.6 Å². The van der Waals surface area contributed by atoms with E-state index >= 15 is 0 Å². The Hall–Kier alpha value is -4.00. The fourth-order valence-corrected chi connectivity index (χ4v) is 3.25. The van der Waals surface area contributed by atoms with Gasteiger partial charge in [0, 0.05) is 11.9 Å². The highest BCUT2D eigenvalue weighted by Crippen LogP contribution is 2.22. The van der Waals surface area contributed by atoms with Crippen molar-refractivity contribution in [3.8, 4) is 5.88 Å². The first-order chi connectivity index (χ1) is 15.5. The monoisotopic (exact) mass is 433 g/mol. The summed E-state index contributed by atoms with van der Waals surface area (Å²) in [5, 5.41) is 7.24. The topological polar surface area (TPSA) is 56.2 Å². The van der Waals surface area contributed by atoms with Crippen LogP contribution < -0.4 is 10.1 Å². The molecule has 0 fully saturated rings. The summed E-state index contributed by atoms with van der Waals surface area (Å²) in [6.07, 6.45) is 1.55. The minimum Gasteiger partial charge on any atom is -0.471 e. The number of benzene rings is 3. The zero-order chi connectivity index (χ0) is 22.5. The van der Waals surface area contributed by atoms with Gasteiger partial charge in [-0.25, -0.2) is 8.78 Å². The molecule has 0 saturated carbocycles. The summed E-state index contributed by atoms with van der Waals surface area (Å²) in [5.41, 5.74) is 3.10. The number of carbonyl (C=O) groups excluding carboxylic acids is 1. The van der Waals surface area contributed by atoms with Gasteiger partial charge in [0.2, 0.25) is 5.88 Å². The van der Waals surface area contributed by atoms with Crippen molar-refractivity contribution in [2.24, 2.45) is 0 Å². The average molecular weight is 433 g/mol. The number of carbonyl (C=O) groups is 1. The van der Waals surface area contributed by atoms with Crippen LogP contribution in [0.3, 0.4) is 0 Å². The molecule has 3 aromatic carbocycles. The van der Waals surface area contributed by atoms with Crippen LogP contribution in [0.15, 0.2) is 79.0 Å². The van der Waals surface area contributed by atoms with Gasteiger partial charge in [0.25, 0.3) is 5.91 Å². The van der Waals surface area contributed by atoms with Crippen LogP contribution in [-0.2, 0) is 13.2 Å². The van der Waals surface area contributed by atoms with Gasteiger partial charge in [-0.2, -0.15) is 0 Å². The fourth-order valence-electron chi connectivity index (χ4n) is 3.25. The molecule has 1 N–H and O–H groups in total. The lowest BCUT2D eigenvalue weighted by atomic mass is 10.2. The molecule has 32 heavy (non-hydrogen) atoms. The number of ether oxygens (including phenoxy) is 1. The van der Waals surface area contributed by atoms with E-state index in [1.807, 2.05) is 25.1 Å². The molecule has 0 bridgehead atoms. The minimum atomic E-state index is -0.390. The van der Waals surface area contributed by atoms with E-state index in [0.29, 0.717) is 16.8 Å². The maximum atomic E-state index is 13.6. The van der Waals surface area contributed by atoms with Crippen molar-refractivity contribution in [3.05, 3.63) is 113 Å². The molecule has 0 aliphatic heterocycles. The second kappa shape index (κ2) is 9.43. The van der Waals surface area contributed by atoms with Crippen LogP contribution in [0, 0.1) is 18.6 Å². The van der Waals surface area contributed by atoms with Crippen LogP contribution in [0.5, 0.6) is 5.88 Å². The Morgan fingerprint density at radius 1 is 0.969 bits per heavy atom. The second-order valence-electron chi connectivity index (χ2n) is 7.36. The Bertz CT molecular complexity index is 1250. The Morgan fingerprint density at radius 3 is 2.38 bits per heavy atom. The van der Waals surface area contributed by atoms with Crippen LogP contribution in [-0.4, -0.2) is 15.7 Å². The van der Waals surface area contributed by atoms with E-state index in [1.165, 1.54) is 28.9 Å². The number of hydrogen-bond donors (Lipinski definition) is 1. The first-order valence-corrected chi connectivity index (χ1v) is 10.0. The molecule has 0 saturated heterocycles. The SMILES string of the molecule is Cc1ccccc1NC(=O)c1cn(Cc2cccc(F)c2)nc1OCc1cccc(F)c1. The van der Waals surface area contributed by atoms with E-state index in [0.717, 1.165) is 5.56 Å². The van der Waals surface area contributed by atoms with Crippen LogP contribution in [0.25, 0.3) is 0 Å². The molecular weight excluding hydrogens is 412 g/mol. The lowest BCUT2D eigenvalue weighted by Gasteiger charge is -2.09. The van der Waals surface area contributed by atoms with Crippen molar-refractivity contribution in [1.29, 1.82) is 0 Å². The normalized spacial score (nSPS) is 10.7. The Labute approximate surface area is 184 Å². The summed E-state index contributed by atoms with van der Waals surface area (Å²) in [6.45, 7) is 2.19. The van der Waals surface area contributed by atoms with Gasteiger partial charge in [-0.05, 0) is 53.9 Å². The number of nitrogens with one attached hydrogen (secondary N) is 1. The standard InChI is InChI=1S/C25H21F2N3O2/c1-17-6-2-3-11-23(17)28-24(31)22-15-30(14-18-7-4-9-20(26)12-18)29-25(22)32-16-19-8-5-10-21(27)13-19/h2-13,15H,14,16H2,1H3,(H,28,31). The predicted octanol–water partition coefficient (Wildman–Crippen LogP) is 5.35. The first kappa shape index (κ1) is 21.2. The quantitative estimate of drug-likeness (QED) is 0.428. The molecule has 0 aliphatic carbocycles. The number of amides is 1. The molecule has 0 unspecified atom stereocenters. The molecule has 4 aromatic rings.